The summed E-state index contributed by atoms with van der Waals surface area (Å²) in [6.07, 6.45) is 1.19. The highest BCUT2D eigenvalue weighted by atomic mass is 35.5. The van der Waals surface area contributed by atoms with Gasteiger partial charge in [-0.05, 0) is 42.0 Å². The topological polar surface area (TPSA) is 108 Å². The fourth-order valence-electron chi connectivity index (χ4n) is 2.59. The lowest BCUT2D eigenvalue weighted by molar-refractivity contribution is -0.384. The van der Waals surface area contributed by atoms with Gasteiger partial charge in [-0.2, -0.15) is 0 Å². The molecule has 0 bridgehead atoms. The SMILES string of the molecule is CC(C)(C)c1cc(CCCO)cc(/N=N/c2ccc(Cl)cc2[N+](=O)[O-])c1O. The molecule has 144 valence electrons. The molecule has 0 spiro atoms. The second-order valence-corrected chi connectivity index (χ2v) is 7.61. The molecule has 0 radical (unpaired) electrons. The third-order valence-corrected chi connectivity index (χ3v) is 4.22. The lowest BCUT2D eigenvalue weighted by Crippen LogP contribution is -2.12. The molecule has 2 aromatic carbocycles. The number of aliphatic hydroxyl groups is 1. The van der Waals surface area contributed by atoms with Crippen molar-refractivity contribution >= 4 is 28.7 Å². The van der Waals surface area contributed by atoms with Gasteiger partial charge in [-0.25, -0.2) is 0 Å². The average molecular weight is 392 g/mol. The minimum absolute atomic E-state index is 0.0179. The standard InChI is InChI=1S/C19H22ClN3O4/c1-19(2,3)14-9-12(5-4-8-24)10-16(18(14)25)22-21-15-7-6-13(20)11-17(15)23(26)27/h6-7,9-11,24-25H,4-5,8H2,1-3H3/b22-21+. The van der Waals surface area contributed by atoms with E-state index in [1.165, 1.54) is 18.2 Å². The zero-order valence-electron chi connectivity index (χ0n) is 15.4. The van der Waals surface area contributed by atoms with Crippen LogP contribution in [0.3, 0.4) is 0 Å². The normalized spacial score (nSPS) is 11.9. The van der Waals surface area contributed by atoms with E-state index in [0.717, 1.165) is 5.56 Å². The van der Waals surface area contributed by atoms with Crippen molar-refractivity contribution in [2.24, 2.45) is 10.2 Å². The Bertz CT molecular complexity index is 876. The number of hydrogen-bond donors (Lipinski definition) is 2. The fraction of sp³-hybridized carbons (Fsp3) is 0.368. The quantitative estimate of drug-likeness (QED) is 0.380. The van der Waals surface area contributed by atoms with E-state index in [1.807, 2.05) is 26.8 Å². The van der Waals surface area contributed by atoms with Crippen LogP contribution in [0.5, 0.6) is 5.75 Å². The summed E-state index contributed by atoms with van der Waals surface area (Å²) in [6, 6.07) is 7.65. The molecule has 0 amide bonds. The van der Waals surface area contributed by atoms with Gasteiger partial charge in [-0.3, -0.25) is 10.1 Å². The Kier molecular flexibility index (Phi) is 6.51. The zero-order valence-corrected chi connectivity index (χ0v) is 16.2. The predicted molar refractivity (Wildman–Crippen MR) is 104 cm³/mol. The molecule has 0 unspecified atom stereocenters. The maximum Gasteiger partial charge on any atom is 0.298 e. The number of nitro groups is 1. The van der Waals surface area contributed by atoms with Crippen molar-refractivity contribution in [2.75, 3.05) is 6.61 Å². The van der Waals surface area contributed by atoms with Gasteiger partial charge in [0.2, 0.25) is 0 Å². The monoisotopic (exact) mass is 391 g/mol. The molecule has 0 aliphatic heterocycles. The van der Waals surface area contributed by atoms with Crippen LogP contribution in [0.1, 0.15) is 38.3 Å². The lowest BCUT2D eigenvalue weighted by Gasteiger charge is -2.22. The molecule has 0 saturated carbocycles. The first kappa shape index (κ1) is 20.8. The number of phenols is 1. The van der Waals surface area contributed by atoms with E-state index in [2.05, 4.69) is 10.2 Å². The maximum absolute atomic E-state index is 11.2. The molecule has 0 saturated heterocycles. The second kappa shape index (κ2) is 8.45. The van der Waals surface area contributed by atoms with Gasteiger partial charge >= 0.3 is 0 Å². The Morgan fingerprint density at radius 1 is 1.15 bits per heavy atom. The first-order valence-corrected chi connectivity index (χ1v) is 8.84. The molecule has 7 nitrogen and oxygen atoms in total. The number of phenolic OH excluding ortho intramolecular Hbond substituents is 1. The van der Waals surface area contributed by atoms with Gasteiger partial charge in [0.05, 0.1) is 4.92 Å². The number of hydrogen-bond acceptors (Lipinski definition) is 6. The van der Waals surface area contributed by atoms with E-state index in [9.17, 15) is 15.2 Å². The molecule has 0 fully saturated rings. The van der Waals surface area contributed by atoms with Crippen molar-refractivity contribution in [3.8, 4) is 5.75 Å². The minimum Gasteiger partial charge on any atom is -0.505 e. The van der Waals surface area contributed by atoms with E-state index in [-0.39, 0.29) is 39.9 Å². The fourth-order valence-corrected chi connectivity index (χ4v) is 2.75. The number of aryl methyl sites for hydroxylation is 1. The van der Waals surface area contributed by atoms with Crippen molar-refractivity contribution in [2.45, 2.75) is 39.0 Å². The first-order valence-electron chi connectivity index (χ1n) is 8.46. The summed E-state index contributed by atoms with van der Waals surface area (Å²) in [4.78, 5) is 10.6. The van der Waals surface area contributed by atoms with E-state index in [1.54, 1.807) is 6.07 Å². The molecule has 27 heavy (non-hydrogen) atoms. The van der Waals surface area contributed by atoms with Gasteiger partial charge in [0, 0.05) is 23.3 Å². The molecule has 0 aliphatic rings. The van der Waals surface area contributed by atoms with Gasteiger partial charge < -0.3 is 10.2 Å². The van der Waals surface area contributed by atoms with Crippen LogP contribution in [0.15, 0.2) is 40.6 Å². The number of rotatable bonds is 6. The van der Waals surface area contributed by atoms with Crippen LogP contribution in [-0.2, 0) is 11.8 Å². The predicted octanol–water partition coefficient (Wildman–Crippen LogP) is 5.59. The molecule has 8 heteroatoms. The summed E-state index contributed by atoms with van der Waals surface area (Å²) in [7, 11) is 0. The number of azo groups is 1. The number of aliphatic hydroxyl groups excluding tert-OH is 1. The highest BCUT2D eigenvalue weighted by Crippen LogP contribution is 2.40. The van der Waals surface area contributed by atoms with E-state index in [0.29, 0.717) is 18.4 Å². The van der Waals surface area contributed by atoms with E-state index >= 15 is 0 Å². The molecule has 0 aliphatic carbocycles. The van der Waals surface area contributed by atoms with Crippen molar-refractivity contribution < 1.29 is 15.1 Å². The van der Waals surface area contributed by atoms with Gasteiger partial charge in [0.25, 0.3) is 5.69 Å². The maximum atomic E-state index is 11.2. The largest absolute Gasteiger partial charge is 0.505 e. The van der Waals surface area contributed by atoms with Crippen LogP contribution >= 0.6 is 11.6 Å². The summed E-state index contributed by atoms with van der Waals surface area (Å²) < 4.78 is 0. The summed E-state index contributed by atoms with van der Waals surface area (Å²) in [5.41, 5.74) is 1.25. The smallest absolute Gasteiger partial charge is 0.298 e. The average Bonchev–Trinajstić information content (AvgIpc) is 2.59. The summed E-state index contributed by atoms with van der Waals surface area (Å²) in [5.74, 6) is -0.0179. The number of nitrogens with zero attached hydrogens (tertiary/aromatic N) is 3. The van der Waals surface area contributed by atoms with E-state index < -0.39 is 4.92 Å². The Labute approximate surface area is 162 Å². The van der Waals surface area contributed by atoms with Crippen LogP contribution in [0.2, 0.25) is 5.02 Å². The lowest BCUT2D eigenvalue weighted by atomic mass is 9.84. The number of benzene rings is 2. The van der Waals surface area contributed by atoms with Crippen LogP contribution in [0.4, 0.5) is 17.1 Å². The molecule has 2 aromatic rings. The van der Waals surface area contributed by atoms with Crippen LogP contribution < -0.4 is 0 Å². The Hall–Kier alpha value is -2.51. The number of aromatic hydroxyl groups is 1. The Balaban J connectivity index is 2.52. The molecule has 0 atom stereocenters. The van der Waals surface area contributed by atoms with Crippen molar-refractivity contribution in [1.82, 2.24) is 0 Å². The number of halogens is 1. The van der Waals surface area contributed by atoms with Crippen LogP contribution in [0, 0.1) is 10.1 Å². The molecule has 0 aromatic heterocycles. The molecule has 0 heterocycles. The van der Waals surface area contributed by atoms with Gasteiger partial charge in [0.15, 0.2) is 5.69 Å². The molecular formula is C19H22ClN3O4. The Morgan fingerprint density at radius 3 is 2.41 bits per heavy atom. The second-order valence-electron chi connectivity index (χ2n) is 7.18. The van der Waals surface area contributed by atoms with Crippen molar-refractivity contribution in [3.05, 3.63) is 56.6 Å². The van der Waals surface area contributed by atoms with Crippen LogP contribution in [0.25, 0.3) is 0 Å². The Morgan fingerprint density at radius 2 is 1.81 bits per heavy atom. The molecule has 2 rings (SSSR count). The minimum atomic E-state index is -0.585. The summed E-state index contributed by atoms with van der Waals surface area (Å²) >= 11 is 5.81. The number of nitro benzene ring substituents is 1. The zero-order chi connectivity index (χ0) is 20.2. The van der Waals surface area contributed by atoms with Gasteiger partial charge in [0.1, 0.15) is 11.4 Å². The van der Waals surface area contributed by atoms with Gasteiger partial charge in [-0.15, -0.1) is 10.2 Å². The van der Waals surface area contributed by atoms with Crippen LogP contribution in [-0.4, -0.2) is 21.7 Å². The van der Waals surface area contributed by atoms with Gasteiger partial charge in [-0.1, -0.05) is 38.4 Å². The van der Waals surface area contributed by atoms with E-state index in [4.69, 9.17) is 16.7 Å². The molecular weight excluding hydrogens is 370 g/mol. The summed E-state index contributed by atoms with van der Waals surface area (Å²) in [5, 5.41) is 39.1. The summed E-state index contributed by atoms with van der Waals surface area (Å²) in [6.45, 7) is 5.94. The highest BCUT2D eigenvalue weighted by molar-refractivity contribution is 6.30. The van der Waals surface area contributed by atoms with Crippen molar-refractivity contribution in [1.29, 1.82) is 0 Å². The third kappa shape index (κ3) is 5.24. The third-order valence-electron chi connectivity index (χ3n) is 3.98. The highest BCUT2D eigenvalue weighted by Gasteiger charge is 2.22. The molecule has 2 N–H and O–H groups in total. The van der Waals surface area contributed by atoms with Crippen molar-refractivity contribution in [3.63, 3.8) is 0 Å². The first-order chi connectivity index (χ1) is 12.6.